The number of alkyl halides is 3. The minimum Gasteiger partial charge on any atom is -0.481 e. The van der Waals surface area contributed by atoms with E-state index >= 15 is 0 Å². The van der Waals surface area contributed by atoms with Crippen molar-refractivity contribution in [3.8, 4) is 0 Å². The molecule has 1 N–H and O–H groups in total. The molecule has 0 aromatic heterocycles. The van der Waals surface area contributed by atoms with Gasteiger partial charge in [-0.25, -0.2) is 0 Å². The molecule has 7 heteroatoms. The molecule has 0 bridgehead atoms. The van der Waals surface area contributed by atoms with Crippen LogP contribution in [0.3, 0.4) is 0 Å². The molecule has 1 saturated heterocycles. The van der Waals surface area contributed by atoms with Crippen molar-refractivity contribution in [3.63, 3.8) is 0 Å². The van der Waals surface area contributed by atoms with E-state index in [9.17, 15) is 27.9 Å². The standard InChI is InChI=1S/C17H24F3NO3/c18-17(19,20)12-5-1-10(2-6-12)7-15(22)21-8-13(11-3-4-11)14(9-21)16(23)24/h10-14H,1-9H2,(H,23,24)/t10?,12?,13-,14+/m1/s1. The molecule has 0 radical (unpaired) electrons. The van der Waals surface area contributed by atoms with Crippen LogP contribution in [0.5, 0.6) is 0 Å². The Kier molecular flexibility index (Phi) is 4.80. The molecule has 1 heterocycles. The first-order valence-electron chi connectivity index (χ1n) is 8.83. The fourth-order valence-corrected chi connectivity index (χ4v) is 4.37. The van der Waals surface area contributed by atoms with Gasteiger partial charge in [0, 0.05) is 19.5 Å². The highest BCUT2D eigenvalue weighted by atomic mass is 19.4. The lowest BCUT2D eigenvalue weighted by atomic mass is 9.80. The predicted octanol–water partition coefficient (Wildman–Crippen LogP) is 3.31. The largest absolute Gasteiger partial charge is 0.481 e. The first-order chi connectivity index (χ1) is 11.3. The Morgan fingerprint density at radius 3 is 2.12 bits per heavy atom. The van der Waals surface area contributed by atoms with Crippen LogP contribution in [0, 0.1) is 29.6 Å². The van der Waals surface area contributed by atoms with E-state index < -0.39 is 24.0 Å². The average Bonchev–Trinajstić information content (AvgIpc) is 3.24. The lowest BCUT2D eigenvalue weighted by Gasteiger charge is -2.30. The number of carbonyl (C=O) groups is 2. The van der Waals surface area contributed by atoms with Gasteiger partial charge in [0.2, 0.25) is 5.91 Å². The Bertz CT molecular complexity index is 496. The van der Waals surface area contributed by atoms with Gasteiger partial charge in [0.05, 0.1) is 11.8 Å². The van der Waals surface area contributed by atoms with E-state index in [1.54, 1.807) is 4.90 Å². The van der Waals surface area contributed by atoms with Gasteiger partial charge in [0.15, 0.2) is 0 Å². The van der Waals surface area contributed by atoms with E-state index in [4.69, 9.17) is 0 Å². The smallest absolute Gasteiger partial charge is 0.391 e. The average molecular weight is 347 g/mol. The highest BCUT2D eigenvalue weighted by Gasteiger charge is 2.47. The zero-order valence-electron chi connectivity index (χ0n) is 13.6. The topological polar surface area (TPSA) is 57.6 Å². The summed E-state index contributed by atoms with van der Waals surface area (Å²) in [5.41, 5.74) is 0. The van der Waals surface area contributed by atoms with Crippen LogP contribution in [0.1, 0.15) is 44.9 Å². The first-order valence-corrected chi connectivity index (χ1v) is 8.83. The summed E-state index contributed by atoms with van der Waals surface area (Å²) in [6.45, 7) is 0.756. The fraction of sp³-hybridized carbons (Fsp3) is 0.882. The third-order valence-corrected chi connectivity index (χ3v) is 6.04. The predicted molar refractivity (Wildman–Crippen MR) is 80.0 cm³/mol. The van der Waals surface area contributed by atoms with Crippen molar-refractivity contribution in [1.82, 2.24) is 4.90 Å². The van der Waals surface area contributed by atoms with Crippen LogP contribution in [-0.2, 0) is 9.59 Å². The zero-order valence-corrected chi connectivity index (χ0v) is 13.6. The molecule has 3 rings (SSSR count). The van der Waals surface area contributed by atoms with E-state index in [-0.39, 0.29) is 43.6 Å². The normalized spacial score (nSPS) is 34.4. The second kappa shape index (κ2) is 6.56. The van der Waals surface area contributed by atoms with Gasteiger partial charge in [-0.2, -0.15) is 13.2 Å². The first kappa shape index (κ1) is 17.5. The lowest BCUT2D eigenvalue weighted by molar-refractivity contribution is -0.184. The molecular formula is C17H24F3NO3. The van der Waals surface area contributed by atoms with Crippen molar-refractivity contribution in [2.75, 3.05) is 13.1 Å². The summed E-state index contributed by atoms with van der Waals surface area (Å²) in [4.78, 5) is 25.5. The van der Waals surface area contributed by atoms with Crippen molar-refractivity contribution in [3.05, 3.63) is 0 Å². The molecule has 2 atom stereocenters. The summed E-state index contributed by atoms with van der Waals surface area (Å²) in [6.07, 6.45) is -0.732. The highest BCUT2D eigenvalue weighted by Crippen LogP contribution is 2.45. The fourth-order valence-electron chi connectivity index (χ4n) is 4.37. The Balaban J connectivity index is 1.50. The van der Waals surface area contributed by atoms with Crippen LogP contribution in [0.25, 0.3) is 0 Å². The van der Waals surface area contributed by atoms with E-state index in [0.717, 1.165) is 12.8 Å². The van der Waals surface area contributed by atoms with E-state index in [2.05, 4.69) is 0 Å². The molecule has 2 saturated carbocycles. The number of hydrogen-bond donors (Lipinski definition) is 1. The summed E-state index contributed by atoms with van der Waals surface area (Å²) in [7, 11) is 0. The van der Waals surface area contributed by atoms with Crippen LogP contribution < -0.4 is 0 Å². The molecule has 0 unspecified atom stereocenters. The van der Waals surface area contributed by atoms with Gasteiger partial charge in [0.1, 0.15) is 0 Å². The Morgan fingerprint density at radius 1 is 1.00 bits per heavy atom. The van der Waals surface area contributed by atoms with Crippen molar-refractivity contribution < 1.29 is 27.9 Å². The molecule has 136 valence electrons. The Morgan fingerprint density at radius 2 is 1.62 bits per heavy atom. The maximum atomic E-state index is 12.7. The monoisotopic (exact) mass is 347 g/mol. The summed E-state index contributed by atoms with van der Waals surface area (Å²) in [6, 6.07) is 0. The van der Waals surface area contributed by atoms with Gasteiger partial charge in [-0.1, -0.05) is 0 Å². The molecule has 3 fully saturated rings. The molecule has 0 aromatic carbocycles. The molecule has 0 spiro atoms. The number of hydrogen-bond acceptors (Lipinski definition) is 2. The third-order valence-electron chi connectivity index (χ3n) is 6.04. The van der Waals surface area contributed by atoms with Gasteiger partial charge >= 0.3 is 12.1 Å². The van der Waals surface area contributed by atoms with Crippen LogP contribution in [0.2, 0.25) is 0 Å². The minimum absolute atomic E-state index is 0.000599. The molecular weight excluding hydrogens is 323 g/mol. The van der Waals surface area contributed by atoms with E-state index in [0.29, 0.717) is 25.3 Å². The number of rotatable bonds is 4. The second-order valence-corrected chi connectivity index (χ2v) is 7.71. The summed E-state index contributed by atoms with van der Waals surface area (Å²) >= 11 is 0. The maximum Gasteiger partial charge on any atom is 0.391 e. The van der Waals surface area contributed by atoms with Gasteiger partial charge < -0.3 is 10.0 Å². The quantitative estimate of drug-likeness (QED) is 0.849. The van der Waals surface area contributed by atoms with Crippen molar-refractivity contribution in [2.24, 2.45) is 29.6 Å². The molecule has 24 heavy (non-hydrogen) atoms. The Labute approximate surface area is 139 Å². The number of aliphatic carboxylic acids is 1. The molecule has 1 aliphatic heterocycles. The maximum absolute atomic E-state index is 12.7. The lowest BCUT2D eigenvalue weighted by Crippen LogP contribution is -2.33. The number of nitrogens with zero attached hydrogens (tertiary/aromatic N) is 1. The van der Waals surface area contributed by atoms with Crippen molar-refractivity contribution in [2.45, 2.75) is 51.1 Å². The van der Waals surface area contributed by atoms with Crippen LogP contribution >= 0.6 is 0 Å². The number of likely N-dealkylation sites (tertiary alicyclic amines) is 1. The van der Waals surface area contributed by atoms with Crippen LogP contribution in [-0.4, -0.2) is 41.1 Å². The number of carboxylic acid groups (broad SMARTS) is 1. The van der Waals surface area contributed by atoms with Crippen LogP contribution in [0.4, 0.5) is 13.2 Å². The van der Waals surface area contributed by atoms with Gasteiger partial charge in [0.25, 0.3) is 0 Å². The van der Waals surface area contributed by atoms with E-state index in [1.165, 1.54) is 0 Å². The molecule has 1 amide bonds. The summed E-state index contributed by atoms with van der Waals surface area (Å²) in [5, 5.41) is 9.34. The van der Waals surface area contributed by atoms with Crippen molar-refractivity contribution in [1.29, 1.82) is 0 Å². The molecule has 2 aliphatic carbocycles. The Hall–Kier alpha value is -1.27. The summed E-state index contributed by atoms with van der Waals surface area (Å²) in [5.74, 6) is -2.17. The molecule has 3 aliphatic rings. The highest BCUT2D eigenvalue weighted by molar-refractivity contribution is 5.79. The van der Waals surface area contributed by atoms with Gasteiger partial charge in [-0.15, -0.1) is 0 Å². The number of halogens is 3. The minimum atomic E-state index is -4.13. The second-order valence-electron chi connectivity index (χ2n) is 7.71. The third kappa shape index (κ3) is 3.86. The van der Waals surface area contributed by atoms with E-state index in [1.807, 2.05) is 0 Å². The summed E-state index contributed by atoms with van der Waals surface area (Å²) < 4.78 is 38.1. The van der Waals surface area contributed by atoms with Crippen molar-refractivity contribution >= 4 is 11.9 Å². The number of amides is 1. The van der Waals surface area contributed by atoms with Gasteiger partial charge in [-0.3, -0.25) is 9.59 Å². The molecule has 4 nitrogen and oxygen atoms in total. The SMILES string of the molecule is O=C(O)[C@H]1CN(C(=O)CC2CCC(C(F)(F)F)CC2)C[C@@H]1C1CC1. The van der Waals surface area contributed by atoms with Gasteiger partial charge in [-0.05, 0) is 56.3 Å². The number of carboxylic acids is 1. The van der Waals surface area contributed by atoms with Crippen LogP contribution in [0.15, 0.2) is 0 Å². The number of carbonyl (C=O) groups excluding carboxylic acids is 1. The molecule has 0 aromatic rings. The zero-order chi connectivity index (χ0) is 17.5.